The Kier molecular flexibility index (Phi) is 6.28. The van der Waals surface area contributed by atoms with Gasteiger partial charge in [-0.3, -0.25) is 0 Å². The lowest BCUT2D eigenvalue weighted by molar-refractivity contribution is -0.146. The molecule has 23 heavy (non-hydrogen) atoms. The van der Waals surface area contributed by atoms with E-state index in [1.54, 1.807) is 48.5 Å². The van der Waals surface area contributed by atoms with Gasteiger partial charge in [0.2, 0.25) is 0 Å². The molecule has 0 spiro atoms. The van der Waals surface area contributed by atoms with Crippen molar-refractivity contribution in [2.24, 2.45) is 0 Å². The molecule has 6 heteroatoms. The molecule has 0 aliphatic heterocycles. The van der Waals surface area contributed by atoms with Crippen LogP contribution in [0.1, 0.15) is 5.56 Å². The summed E-state index contributed by atoms with van der Waals surface area (Å²) < 4.78 is 15.6. The van der Waals surface area contributed by atoms with Gasteiger partial charge in [-0.2, -0.15) is 5.26 Å². The number of benzene rings is 2. The van der Waals surface area contributed by atoms with Gasteiger partial charge in [0, 0.05) is 5.02 Å². The summed E-state index contributed by atoms with van der Waals surface area (Å²) in [6.45, 7) is 0.0620. The highest BCUT2D eigenvalue weighted by molar-refractivity contribution is 6.30. The fourth-order valence-corrected chi connectivity index (χ4v) is 1.84. The maximum atomic E-state index is 11.6. The topological polar surface area (TPSA) is 68.5 Å². The molecular formula is C17H14ClNO4. The third kappa shape index (κ3) is 5.53. The summed E-state index contributed by atoms with van der Waals surface area (Å²) >= 11 is 5.76. The van der Waals surface area contributed by atoms with Crippen LogP contribution in [-0.2, 0) is 9.53 Å². The van der Waals surface area contributed by atoms with Crippen molar-refractivity contribution >= 4 is 17.6 Å². The van der Waals surface area contributed by atoms with Gasteiger partial charge < -0.3 is 14.2 Å². The van der Waals surface area contributed by atoms with Crippen LogP contribution in [0.4, 0.5) is 0 Å². The van der Waals surface area contributed by atoms with Gasteiger partial charge >= 0.3 is 5.97 Å². The molecule has 0 N–H and O–H groups in total. The molecule has 0 amide bonds. The SMILES string of the molecule is N#Cc1ccccc1OCC(=O)OCCOc1ccc(Cl)cc1. The highest BCUT2D eigenvalue weighted by Gasteiger charge is 2.07. The maximum absolute atomic E-state index is 11.6. The molecule has 0 saturated heterocycles. The van der Waals surface area contributed by atoms with Gasteiger partial charge in [-0.05, 0) is 36.4 Å². The van der Waals surface area contributed by atoms with Gasteiger partial charge in [0.1, 0.15) is 30.8 Å². The van der Waals surface area contributed by atoms with E-state index in [1.165, 1.54) is 0 Å². The van der Waals surface area contributed by atoms with E-state index in [9.17, 15) is 4.79 Å². The van der Waals surface area contributed by atoms with E-state index < -0.39 is 5.97 Å². The molecule has 0 unspecified atom stereocenters. The van der Waals surface area contributed by atoms with Crippen LogP contribution in [0.3, 0.4) is 0 Å². The van der Waals surface area contributed by atoms with Gasteiger partial charge in [-0.1, -0.05) is 23.7 Å². The smallest absolute Gasteiger partial charge is 0.344 e. The summed E-state index contributed by atoms with van der Waals surface area (Å²) in [6.07, 6.45) is 0. The molecule has 0 heterocycles. The molecule has 0 atom stereocenters. The Morgan fingerprint density at radius 2 is 1.78 bits per heavy atom. The molecule has 2 aromatic rings. The fourth-order valence-electron chi connectivity index (χ4n) is 1.71. The van der Waals surface area contributed by atoms with Crippen molar-refractivity contribution in [1.29, 1.82) is 5.26 Å². The summed E-state index contributed by atoms with van der Waals surface area (Å²) in [5, 5.41) is 9.54. The predicted molar refractivity (Wildman–Crippen MR) is 84.6 cm³/mol. The number of carbonyl (C=O) groups is 1. The van der Waals surface area contributed by atoms with Gasteiger partial charge in [0.05, 0.1) is 5.56 Å². The van der Waals surface area contributed by atoms with E-state index >= 15 is 0 Å². The lowest BCUT2D eigenvalue weighted by Gasteiger charge is -2.09. The quantitative estimate of drug-likeness (QED) is 0.575. The van der Waals surface area contributed by atoms with E-state index in [0.717, 1.165) is 0 Å². The molecule has 0 bridgehead atoms. The Hall–Kier alpha value is -2.71. The molecule has 2 aromatic carbocycles. The first-order chi connectivity index (χ1) is 11.2. The molecular weight excluding hydrogens is 318 g/mol. The third-order valence-corrected chi connectivity index (χ3v) is 3.03. The molecule has 118 valence electrons. The number of ether oxygens (including phenoxy) is 3. The van der Waals surface area contributed by atoms with E-state index in [-0.39, 0.29) is 19.8 Å². The minimum absolute atomic E-state index is 0.102. The Morgan fingerprint density at radius 1 is 1.04 bits per heavy atom. The van der Waals surface area contributed by atoms with Crippen LogP contribution in [0, 0.1) is 11.3 Å². The number of hydrogen-bond acceptors (Lipinski definition) is 5. The normalized spacial score (nSPS) is 9.74. The van der Waals surface area contributed by atoms with Crippen LogP contribution in [0.2, 0.25) is 5.02 Å². The summed E-state index contributed by atoms with van der Waals surface area (Å²) in [5.41, 5.74) is 0.367. The molecule has 0 radical (unpaired) electrons. The number of nitriles is 1. The number of nitrogens with zero attached hydrogens (tertiary/aromatic N) is 1. The molecule has 5 nitrogen and oxygen atoms in total. The first-order valence-corrected chi connectivity index (χ1v) is 7.23. The standard InChI is InChI=1S/C17H14ClNO4/c18-14-5-7-15(8-6-14)21-9-10-22-17(20)12-23-16-4-2-1-3-13(16)11-19/h1-8H,9-10,12H2. The van der Waals surface area contributed by atoms with Crippen molar-refractivity contribution in [3.63, 3.8) is 0 Å². The van der Waals surface area contributed by atoms with E-state index in [4.69, 9.17) is 31.1 Å². The summed E-state index contributed by atoms with van der Waals surface area (Å²) in [5.74, 6) is 0.464. The van der Waals surface area contributed by atoms with Crippen LogP contribution in [0.5, 0.6) is 11.5 Å². The summed E-state index contributed by atoms with van der Waals surface area (Å²) in [4.78, 5) is 11.6. The molecule has 0 saturated carbocycles. The number of esters is 1. The summed E-state index contributed by atoms with van der Waals surface area (Å²) in [6, 6.07) is 15.5. The highest BCUT2D eigenvalue weighted by Crippen LogP contribution is 2.16. The first-order valence-electron chi connectivity index (χ1n) is 6.85. The molecule has 0 aromatic heterocycles. The van der Waals surface area contributed by atoms with Crippen molar-refractivity contribution < 1.29 is 19.0 Å². The number of para-hydroxylation sites is 1. The van der Waals surface area contributed by atoms with Crippen molar-refractivity contribution in [3.8, 4) is 17.6 Å². The minimum Gasteiger partial charge on any atom is -0.490 e. The van der Waals surface area contributed by atoms with Crippen LogP contribution < -0.4 is 9.47 Å². The largest absolute Gasteiger partial charge is 0.490 e. The molecule has 2 rings (SSSR count). The summed E-state index contributed by atoms with van der Waals surface area (Å²) in [7, 11) is 0. The van der Waals surface area contributed by atoms with Crippen LogP contribution in [-0.4, -0.2) is 25.8 Å². The zero-order valence-corrected chi connectivity index (χ0v) is 13.0. The highest BCUT2D eigenvalue weighted by atomic mass is 35.5. The Balaban J connectivity index is 1.67. The van der Waals surface area contributed by atoms with Crippen LogP contribution in [0.15, 0.2) is 48.5 Å². The van der Waals surface area contributed by atoms with Crippen molar-refractivity contribution in [2.75, 3.05) is 19.8 Å². The fraction of sp³-hybridized carbons (Fsp3) is 0.176. The minimum atomic E-state index is -0.530. The number of carbonyl (C=O) groups excluding carboxylic acids is 1. The number of hydrogen-bond donors (Lipinski definition) is 0. The second-order valence-electron chi connectivity index (χ2n) is 4.42. The third-order valence-electron chi connectivity index (χ3n) is 2.78. The van der Waals surface area contributed by atoms with Crippen LogP contribution >= 0.6 is 11.6 Å². The van der Waals surface area contributed by atoms with Gasteiger partial charge in [0.25, 0.3) is 0 Å². The molecule has 0 aliphatic rings. The van der Waals surface area contributed by atoms with Crippen LogP contribution in [0.25, 0.3) is 0 Å². The van der Waals surface area contributed by atoms with Gasteiger partial charge in [-0.15, -0.1) is 0 Å². The molecule has 0 aliphatic carbocycles. The average molecular weight is 332 g/mol. The van der Waals surface area contributed by atoms with E-state index in [1.807, 2.05) is 6.07 Å². The Morgan fingerprint density at radius 3 is 2.52 bits per heavy atom. The zero-order chi connectivity index (χ0) is 16.5. The van der Waals surface area contributed by atoms with Crippen molar-refractivity contribution in [1.82, 2.24) is 0 Å². The lowest BCUT2D eigenvalue weighted by atomic mass is 10.2. The van der Waals surface area contributed by atoms with Crippen molar-refractivity contribution in [2.45, 2.75) is 0 Å². The Bertz CT molecular complexity index is 694. The van der Waals surface area contributed by atoms with Gasteiger partial charge in [-0.25, -0.2) is 4.79 Å². The zero-order valence-electron chi connectivity index (χ0n) is 12.2. The number of halogens is 1. The monoisotopic (exact) mass is 331 g/mol. The second kappa shape index (κ2) is 8.66. The average Bonchev–Trinajstić information content (AvgIpc) is 2.58. The van der Waals surface area contributed by atoms with E-state index in [0.29, 0.717) is 22.1 Å². The van der Waals surface area contributed by atoms with Gasteiger partial charge in [0.15, 0.2) is 6.61 Å². The number of rotatable bonds is 7. The maximum Gasteiger partial charge on any atom is 0.344 e. The lowest BCUT2D eigenvalue weighted by Crippen LogP contribution is -2.18. The molecule has 0 fully saturated rings. The van der Waals surface area contributed by atoms with E-state index in [2.05, 4.69) is 0 Å². The van der Waals surface area contributed by atoms with Crippen molar-refractivity contribution in [3.05, 3.63) is 59.1 Å². The Labute approximate surface area is 139 Å². The predicted octanol–water partition coefficient (Wildman–Crippen LogP) is 3.21. The first kappa shape index (κ1) is 16.7. The second-order valence-corrected chi connectivity index (χ2v) is 4.86.